The molecule has 1 aliphatic heterocycles. The molecule has 0 aromatic rings. The van der Waals surface area contributed by atoms with E-state index in [1.54, 1.807) is 13.8 Å². The molecule has 1 saturated heterocycles. The highest BCUT2D eigenvalue weighted by Gasteiger charge is 2.66. The third-order valence-corrected chi connectivity index (χ3v) is 7.97. The Hall–Kier alpha value is -1.18. The molecule has 6 rings (SSSR count). The van der Waals surface area contributed by atoms with Crippen LogP contribution in [0.2, 0.25) is 0 Å². The highest BCUT2D eigenvalue weighted by molar-refractivity contribution is 5.86. The molecule has 0 unspecified atom stereocenters. The number of rotatable bonds is 3. The summed E-state index contributed by atoms with van der Waals surface area (Å²) >= 11 is 0. The highest BCUT2D eigenvalue weighted by atomic mass is 17.3. The first-order chi connectivity index (χ1) is 13.7. The molecule has 0 radical (unpaired) electrons. The van der Waals surface area contributed by atoms with Gasteiger partial charge in [-0.2, -0.15) is 9.78 Å². The van der Waals surface area contributed by atoms with E-state index in [2.05, 4.69) is 5.32 Å². The van der Waals surface area contributed by atoms with Crippen molar-refractivity contribution in [3.05, 3.63) is 0 Å². The van der Waals surface area contributed by atoms with E-state index < -0.39 is 23.1 Å². The second kappa shape index (κ2) is 6.66. The number of esters is 1. The molecule has 6 aliphatic rings. The van der Waals surface area contributed by atoms with Gasteiger partial charge in [0.25, 0.3) is 5.91 Å². The van der Waals surface area contributed by atoms with Crippen molar-refractivity contribution in [3.63, 3.8) is 0 Å². The van der Waals surface area contributed by atoms with E-state index in [1.807, 2.05) is 0 Å². The lowest BCUT2D eigenvalue weighted by molar-refractivity contribution is -0.390. The number of amides is 1. The summed E-state index contributed by atoms with van der Waals surface area (Å²) in [4.78, 5) is 35.7. The van der Waals surface area contributed by atoms with E-state index in [-0.39, 0.29) is 11.9 Å². The fraction of sp³-hybridized carbons (Fsp3) is 0.909. The summed E-state index contributed by atoms with van der Waals surface area (Å²) in [6, 6.07) is 0.0187. The predicted octanol–water partition coefficient (Wildman–Crippen LogP) is 3.21. The van der Waals surface area contributed by atoms with Crippen molar-refractivity contribution in [2.45, 2.75) is 102 Å². The van der Waals surface area contributed by atoms with Gasteiger partial charge < -0.3 is 14.8 Å². The van der Waals surface area contributed by atoms with E-state index in [1.165, 1.54) is 39.0 Å². The molecule has 7 heteroatoms. The highest BCUT2D eigenvalue weighted by Crippen LogP contribution is 2.63. The number of nitrogens with one attached hydrogen (secondary N) is 1. The molecule has 2 spiro atoms. The number of hydrogen-bond donors (Lipinski definition) is 1. The molecule has 0 atom stereocenters. The van der Waals surface area contributed by atoms with E-state index >= 15 is 0 Å². The van der Waals surface area contributed by atoms with Crippen LogP contribution in [0.3, 0.4) is 0 Å². The lowest BCUT2D eigenvalue weighted by Gasteiger charge is -2.57. The van der Waals surface area contributed by atoms with E-state index in [4.69, 9.17) is 19.2 Å². The minimum atomic E-state index is -1.17. The van der Waals surface area contributed by atoms with Gasteiger partial charge in [-0.1, -0.05) is 0 Å². The molecule has 0 aromatic heterocycles. The first kappa shape index (κ1) is 19.8. The Labute approximate surface area is 172 Å². The second-order valence-electron chi connectivity index (χ2n) is 10.6. The Morgan fingerprint density at radius 2 is 1.55 bits per heavy atom. The van der Waals surface area contributed by atoms with Crippen LogP contribution in [0, 0.1) is 23.7 Å². The molecule has 6 fully saturated rings. The van der Waals surface area contributed by atoms with Crippen molar-refractivity contribution >= 4 is 11.9 Å². The van der Waals surface area contributed by atoms with Gasteiger partial charge in [-0.15, -0.1) is 0 Å². The third-order valence-electron chi connectivity index (χ3n) is 7.97. The summed E-state index contributed by atoms with van der Waals surface area (Å²) in [5.41, 5.74) is -1.17. The van der Waals surface area contributed by atoms with Gasteiger partial charge in [0, 0.05) is 37.6 Å². The molecule has 162 valence electrons. The van der Waals surface area contributed by atoms with Gasteiger partial charge in [0.1, 0.15) is 0 Å². The molecular weight excluding hydrogens is 374 g/mol. The standard InChI is InChI=1S/C22H33NO6/c1-13(24)26-20(2,3)19(25)23-18-4-6-21(7-5-18)27-22(29-28-21)16-9-14-8-15(11-16)12-17(22)10-14/h14-18H,4-12H2,1-3H3,(H,23,25). The SMILES string of the molecule is CC(=O)OC(C)(C)C(=O)NC1CCC2(CC1)OOC1(O2)C2CC3CC(C2)CC1C3. The maximum absolute atomic E-state index is 12.5. The van der Waals surface area contributed by atoms with Crippen LogP contribution < -0.4 is 5.32 Å². The van der Waals surface area contributed by atoms with Gasteiger partial charge in [0.2, 0.25) is 11.6 Å². The lowest BCUT2D eigenvalue weighted by Crippen LogP contribution is -2.59. The van der Waals surface area contributed by atoms with Gasteiger partial charge in [0.05, 0.1) is 0 Å². The number of hydrogen-bond acceptors (Lipinski definition) is 6. The average molecular weight is 408 g/mol. The quantitative estimate of drug-likeness (QED) is 0.571. The topological polar surface area (TPSA) is 83.1 Å². The van der Waals surface area contributed by atoms with Gasteiger partial charge >= 0.3 is 5.97 Å². The average Bonchev–Trinajstić information content (AvgIpc) is 3.01. The summed E-state index contributed by atoms with van der Waals surface area (Å²) in [6.45, 7) is 4.54. The Morgan fingerprint density at radius 3 is 2.10 bits per heavy atom. The van der Waals surface area contributed by atoms with Crippen LogP contribution in [-0.2, 0) is 28.8 Å². The van der Waals surface area contributed by atoms with Crippen LogP contribution in [0.15, 0.2) is 0 Å². The van der Waals surface area contributed by atoms with E-state index in [9.17, 15) is 9.59 Å². The van der Waals surface area contributed by atoms with E-state index in [0.29, 0.717) is 24.7 Å². The third kappa shape index (κ3) is 3.29. The molecule has 7 nitrogen and oxygen atoms in total. The molecule has 1 amide bonds. The normalized spacial score (nSPS) is 45.7. The lowest BCUT2D eigenvalue weighted by atomic mass is 9.53. The maximum Gasteiger partial charge on any atom is 0.303 e. The van der Waals surface area contributed by atoms with Gasteiger partial charge in [-0.05, 0) is 70.6 Å². The summed E-state index contributed by atoms with van der Waals surface area (Å²) in [5.74, 6) is 0.661. The second-order valence-corrected chi connectivity index (χ2v) is 10.6. The minimum Gasteiger partial charge on any atom is -0.450 e. The van der Waals surface area contributed by atoms with Crippen LogP contribution in [-0.4, -0.2) is 35.1 Å². The first-order valence-corrected chi connectivity index (χ1v) is 11.3. The zero-order chi connectivity index (χ0) is 20.4. The van der Waals surface area contributed by atoms with Gasteiger partial charge in [-0.3, -0.25) is 9.59 Å². The van der Waals surface area contributed by atoms with Crippen molar-refractivity contribution in [1.82, 2.24) is 5.32 Å². The van der Waals surface area contributed by atoms with Crippen molar-refractivity contribution in [2.24, 2.45) is 23.7 Å². The molecule has 29 heavy (non-hydrogen) atoms. The van der Waals surface area contributed by atoms with Crippen LogP contribution in [0.25, 0.3) is 0 Å². The summed E-state index contributed by atoms with van der Waals surface area (Å²) in [6.07, 6.45) is 9.10. The fourth-order valence-electron chi connectivity index (χ4n) is 6.76. The smallest absolute Gasteiger partial charge is 0.303 e. The Bertz CT molecular complexity index is 667. The number of carbonyl (C=O) groups excluding carboxylic acids is 2. The molecule has 4 bridgehead atoms. The predicted molar refractivity (Wildman–Crippen MR) is 102 cm³/mol. The monoisotopic (exact) mass is 407 g/mol. The summed E-state index contributed by atoms with van der Waals surface area (Å²) < 4.78 is 11.8. The summed E-state index contributed by atoms with van der Waals surface area (Å²) in [5, 5.41) is 3.03. The van der Waals surface area contributed by atoms with Crippen molar-refractivity contribution in [3.8, 4) is 0 Å². The zero-order valence-electron chi connectivity index (χ0n) is 17.7. The Balaban J connectivity index is 1.19. The van der Waals surface area contributed by atoms with Crippen LogP contribution in [0.4, 0.5) is 0 Å². The fourth-order valence-corrected chi connectivity index (χ4v) is 6.76. The largest absolute Gasteiger partial charge is 0.450 e. The Kier molecular flexibility index (Phi) is 4.54. The molecule has 1 N–H and O–H groups in total. The minimum absolute atomic E-state index is 0.0187. The molecule has 5 aliphatic carbocycles. The summed E-state index contributed by atoms with van der Waals surface area (Å²) in [7, 11) is 0. The Morgan fingerprint density at radius 1 is 0.966 bits per heavy atom. The van der Waals surface area contributed by atoms with Crippen molar-refractivity contribution in [2.75, 3.05) is 0 Å². The van der Waals surface area contributed by atoms with Crippen molar-refractivity contribution < 1.29 is 28.8 Å². The number of carbonyl (C=O) groups is 2. The van der Waals surface area contributed by atoms with Crippen LogP contribution in [0.5, 0.6) is 0 Å². The molecular formula is C22H33NO6. The molecule has 0 aromatic carbocycles. The van der Waals surface area contributed by atoms with Crippen LogP contribution in [0.1, 0.15) is 78.6 Å². The van der Waals surface area contributed by atoms with Gasteiger partial charge in [-0.25, -0.2) is 0 Å². The number of ether oxygens (including phenoxy) is 2. The zero-order valence-corrected chi connectivity index (χ0v) is 17.7. The van der Waals surface area contributed by atoms with E-state index in [0.717, 1.165) is 24.7 Å². The van der Waals surface area contributed by atoms with Crippen molar-refractivity contribution in [1.29, 1.82) is 0 Å². The maximum atomic E-state index is 12.5. The molecule has 1 heterocycles. The van der Waals surface area contributed by atoms with Gasteiger partial charge in [0.15, 0.2) is 5.60 Å². The first-order valence-electron chi connectivity index (χ1n) is 11.3. The van der Waals surface area contributed by atoms with Crippen LogP contribution >= 0.6 is 0 Å². The molecule has 5 saturated carbocycles.